The van der Waals surface area contributed by atoms with E-state index in [0.717, 1.165) is 42.0 Å². The van der Waals surface area contributed by atoms with E-state index >= 15 is 0 Å². The molecule has 2 aliphatic heterocycles. The van der Waals surface area contributed by atoms with E-state index in [4.69, 9.17) is 4.52 Å². The number of fused-ring (bicyclic) bond motifs is 1. The summed E-state index contributed by atoms with van der Waals surface area (Å²) in [5.74, 6) is 0.761. The lowest BCUT2D eigenvalue weighted by Crippen LogP contribution is -2.47. The lowest BCUT2D eigenvalue weighted by atomic mass is 10.1. The molecular formula is C17H21N5O3S. The molecule has 0 radical (unpaired) electrons. The van der Waals surface area contributed by atoms with Gasteiger partial charge in [-0.2, -0.15) is 4.31 Å². The topological polar surface area (TPSA) is 82.2 Å². The van der Waals surface area contributed by atoms with Crippen LogP contribution in [0.5, 0.6) is 0 Å². The van der Waals surface area contributed by atoms with Crippen molar-refractivity contribution in [2.45, 2.75) is 6.54 Å². The van der Waals surface area contributed by atoms with Gasteiger partial charge in [0.2, 0.25) is 10.0 Å². The average molecular weight is 375 g/mol. The second-order valence-corrected chi connectivity index (χ2v) is 8.54. The van der Waals surface area contributed by atoms with Gasteiger partial charge in [0.15, 0.2) is 11.4 Å². The van der Waals surface area contributed by atoms with Crippen LogP contribution >= 0.6 is 0 Å². The lowest BCUT2D eigenvalue weighted by molar-refractivity contribution is 0.182. The molecule has 26 heavy (non-hydrogen) atoms. The first-order chi connectivity index (χ1) is 12.5. The van der Waals surface area contributed by atoms with Crippen molar-refractivity contribution in [2.24, 2.45) is 4.99 Å². The Balaban J connectivity index is 1.49. The SMILES string of the molecule is CS(=O)(=O)N1CCN(Cc2ccc3onc(N4C=CC=NC4)c3c2)CC1. The third-order valence-corrected chi connectivity index (χ3v) is 5.99. The van der Waals surface area contributed by atoms with Crippen molar-refractivity contribution in [1.82, 2.24) is 14.4 Å². The molecule has 0 N–H and O–H groups in total. The van der Waals surface area contributed by atoms with Gasteiger partial charge in [-0.05, 0) is 23.8 Å². The van der Waals surface area contributed by atoms with E-state index in [-0.39, 0.29) is 0 Å². The van der Waals surface area contributed by atoms with E-state index in [0.29, 0.717) is 19.8 Å². The van der Waals surface area contributed by atoms with E-state index < -0.39 is 10.0 Å². The summed E-state index contributed by atoms with van der Waals surface area (Å²) in [4.78, 5) is 8.44. The standard InChI is InChI=1S/C17H21N5O3S/c1-26(23,24)22-9-7-20(8-10-22)12-14-3-4-16-15(11-14)17(19-25-16)21-6-2-5-18-13-21/h2-6,11H,7-10,12-13H2,1H3. The number of anilines is 1. The molecule has 0 spiro atoms. The van der Waals surface area contributed by atoms with Crippen LogP contribution in [0.2, 0.25) is 0 Å². The van der Waals surface area contributed by atoms with Crippen molar-refractivity contribution in [3.63, 3.8) is 0 Å². The summed E-state index contributed by atoms with van der Waals surface area (Å²) in [5, 5.41) is 5.14. The molecule has 1 aromatic heterocycles. The zero-order valence-corrected chi connectivity index (χ0v) is 15.4. The molecule has 8 nitrogen and oxygen atoms in total. The predicted molar refractivity (Wildman–Crippen MR) is 101 cm³/mol. The number of hydrogen-bond donors (Lipinski definition) is 0. The van der Waals surface area contributed by atoms with E-state index in [9.17, 15) is 8.42 Å². The zero-order chi connectivity index (χ0) is 18.1. The van der Waals surface area contributed by atoms with Crippen LogP contribution in [-0.2, 0) is 16.6 Å². The van der Waals surface area contributed by atoms with E-state index in [1.54, 1.807) is 6.21 Å². The van der Waals surface area contributed by atoms with Gasteiger partial charge in [0.05, 0.1) is 11.6 Å². The molecule has 0 bridgehead atoms. The highest BCUT2D eigenvalue weighted by Gasteiger charge is 2.23. The van der Waals surface area contributed by atoms with E-state index in [1.807, 2.05) is 29.3 Å². The molecule has 9 heteroatoms. The minimum absolute atomic E-state index is 0.524. The lowest BCUT2D eigenvalue weighted by Gasteiger charge is -2.33. The molecule has 1 saturated heterocycles. The monoisotopic (exact) mass is 375 g/mol. The van der Waals surface area contributed by atoms with Gasteiger partial charge >= 0.3 is 0 Å². The van der Waals surface area contributed by atoms with Gasteiger partial charge in [-0.1, -0.05) is 11.2 Å². The van der Waals surface area contributed by atoms with Crippen LogP contribution < -0.4 is 4.90 Å². The van der Waals surface area contributed by atoms with Crippen LogP contribution in [0, 0.1) is 0 Å². The summed E-state index contributed by atoms with van der Waals surface area (Å²) in [7, 11) is -3.10. The number of sulfonamides is 1. The maximum atomic E-state index is 11.6. The molecule has 1 aromatic carbocycles. The number of piperazine rings is 1. The van der Waals surface area contributed by atoms with Crippen LogP contribution in [0.4, 0.5) is 5.82 Å². The van der Waals surface area contributed by atoms with Crippen molar-refractivity contribution < 1.29 is 12.9 Å². The fraction of sp³-hybridized carbons (Fsp3) is 0.412. The Morgan fingerprint density at radius 1 is 1.19 bits per heavy atom. The van der Waals surface area contributed by atoms with Gasteiger partial charge in [0.1, 0.15) is 6.67 Å². The van der Waals surface area contributed by atoms with Crippen molar-refractivity contribution in [2.75, 3.05) is 44.0 Å². The van der Waals surface area contributed by atoms with Crippen molar-refractivity contribution in [3.05, 3.63) is 36.0 Å². The fourth-order valence-electron chi connectivity index (χ4n) is 3.28. The van der Waals surface area contributed by atoms with Gasteiger partial charge in [0, 0.05) is 45.1 Å². The molecule has 0 saturated carbocycles. The molecule has 2 aliphatic rings. The number of allylic oxidation sites excluding steroid dienone is 1. The molecule has 0 aliphatic carbocycles. The first kappa shape index (κ1) is 17.2. The Morgan fingerprint density at radius 3 is 2.69 bits per heavy atom. The maximum Gasteiger partial charge on any atom is 0.211 e. The average Bonchev–Trinajstić information content (AvgIpc) is 3.05. The molecule has 1 fully saturated rings. The maximum absolute atomic E-state index is 11.6. The Kier molecular flexibility index (Phi) is 4.51. The number of nitrogens with zero attached hydrogens (tertiary/aromatic N) is 5. The molecule has 0 amide bonds. The van der Waals surface area contributed by atoms with Crippen LogP contribution in [0.3, 0.4) is 0 Å². The Hall–Kier alpha value is -2.23. The number of hydrogen-bond acceptors (Lipinski definition) is 7. The fourth-order valence-corrected chi connectivity index (χ4v) is 4.11. The number of aromatic nitrogens is 1. The van der Waals surface area contributed by atoms with Gasteiger partial charge in [-0.25, -0.2) is 8.42 Å². The predicted octanol–water partition coefficient (Wildman–Crippen LogP) is 1.27. The van der Waals surface area contributed by atoms with Gasteiger partial charge in [-0.3, -0.25) is 9.89 Å². The quantitative estimate of drug-likeness (QED) is 0.800. The van der Waals surface area contributed by atoms with Gasteiger partial charge in [0.25, 0.3) is 0 Å². The highest BCUT2D eigenvalue weighted by Crippen LogP contribution is 2.28. The summed E-state index contributed by atoms with van der Waals surface area (Å²) >= 11 is 0. The van der Waals surface area contributed by atoms with Crippen LogP contribution in [0.25, 0.3) is 11.0 Å². The molecule has 4 rings (SSSR count). The smallest absolute Gasteiger partial charge is 0.211 e. The summed E-state index contributed by atoms with van der Waals surface area (Å²) in [5.41, 5.74) is 1.90. The molecule has 2 aromatic rings. The summed E-state index contributed by atoms with van der Waals surface area (Å²) in [6.07, 6.45) is 6.83. The Labute approximate surface area is 152 Å². The molecule has 0 unspecified atom stereocenters. The molecular weight excluding hydrogens is 354 g/mol. The Bertz CT molecular complexity index is 958. The number of rotatable bonds is 4. The van der Waals surface area contributed by atoms with Crippen LogP contribution in [0.1, 0.15) is 5.56 Å². The molecule has 3 heterocycles. The van der Waals surface area contributed by atoms with E-state index in [2.05, 4.69) is 21.1 Å². The normalized spacial score (nSPS) is 19.5. The Morgan fingerprint density at radius 2 is 2.00 bits per heavy atom. The third-order valence-electron chi connectivity index (χ3n) is 4.69. The number of aliphatic imine (C=N–C) groups is 1. The highest BCUT2D eigenvalue weighted by molar-refractivity contribution is 7.88. The summed E-state index contributed by atoms with van der Waals surface area (Å²) in [6, 6.07) is 6.06. The first-order valence-corrected chi connectivity index (χ1v) is 10.3. The summed E-state index contributed by atoms with van der Waals surface area (Å²) in [6.45, 7) is 3.82. The minimum atomic E-state index is -3.10. The van der Waals surface area contributed by atoms with Crippen LogP contribution in [-0.4, -0.2) is 68.1 Å². The van der Waals surface area contributed by atoms with E-state index in [1.165, 1.54) is 10.6 Å². The first-order valence-electron chi connectivity index (χ1n) is 8.50. The second kappa shape index (κ2) is 6.82. The van der Waals surface area contributed by atoms with Crippen molar-refractivity contribution in [1.29, 1.82) is 0 Å². The highest BCUT2D eigenvalue weighted by atomic mass is 32.2. The van der Waals surface area contributed by atoms with Crippen molar-refractivity contribution in [3.8, 4) is 0 Å². The summed E-state index contributed by atoms with van der Waals surface area (Å²) < 4.78 is 30.2. The minimum Gasteiger partial charge on any atom is -0.354 e. The zero-order valence-electron chi connectivity index (χ0n) is 14.6. The largest absolute Gasteiger partial charge is 0.354 e. The number of benzene rings is 1. The van der Waals surface area contributed by atoms with Crippen molar-refractivity contribution >= 4 is 33.0 Å². The third kappa shape index (κ3) is 3.50. The molecule has 0 atom stereocenters. The molecule has 138 valence electrons. The van der Waals surface area contributed by atoms with Gasteiger partial charge in [-0.15, -0.1) is 0 Å². The van der Waals surface area contributed by atoms with Crippen LogP contribution in [0.15, 0.2) is 40.0 Å². The second-order valence-electron chi connectivity index (χ2n) is 6.56. The van der Waals surface area contributed by atoms with Gasteiger partial charge < -0.3 is 9.42 Å².